The summed E-state index contributed by atoms with van der Waals surface area (Å²) in [5, 5.41) is 15.4. The van der Waals surface area contributed by atoms with Crippen LogP contribution in [-0.4, -0.2) is 32.3 Å². The summed E-state index contributed by atoms with van der Waals surface area (Å²) in [5.74, 6) is -1.54. The van der Waals surface area contributed by atoms with Crippen LogP contribution in [0.25, 0.3) is 0 Å². The van der Waals surface area contributed by atoms with Crippen LogP contribution >= 0.6 is 0 Å². The van der Waals surface area contributed by atoms with Gasteiger partial charge in [0.15, 0.2) is 6.04 Å². The number of carbonyl (C=O) groups excluding carboxylic acids is 1. The SMILES string of the molecule is Cn1cc(C(NC(=O)CC(C)(C)N)C(=O)O)cn1. The third kappa shape index (κ3) is 4.17. The first-order chi connectivity index (χ1) is 8.19. The maximum atomic E-state index is 11.7. The van der Waals surface area contributed by atoms with Crippen molar-refractivity contribution in [3.05, 3.63) is 18.0 Å². The summed E-state index contributed by atoms with van der Waals surface area (Å²) in [6, 6.07) is -1.10. The van der Waals surface area contributed by atoms with Gasteiger partial charge >= 0.3 is 5.97 Å². The van der Waals surface area contributed by atoms with E-state index in [1.807, 2.05) is 0 Å². The second-order valence-electron chi connectivity index (χ2n) is 4.95. The number of carboxylic acid groups (broad SMARTS) is 1. The predicted molar refractivity (Wildman–Crippen MR) is 64.6 cm³/mol. The molecule has 0 spiro atoms. The van der Waals surface area contributed by atoms with Gasteiger partial charge in [-0.1, -0.05) is 0 Å². The number of aromatic nitrogens is 2. The van der Waals surface area contributed by atoms with Crippen molar-refractivity contribution in [3.63, 3.8) is 0 Å². The molecular formula is C11H18N4O3. The van der Waals surface area contributed by atoms with Gasteiger partial charge < -0.3 is 16.2 Å². The molecule has 4 N–H and O–H groups in total. The van der Waals surface area contributed by atoms with Gasteiger partial charge in [0.25, 0.3) is 0 Å². The average molecular weight is 254 g/mol. The van der Waals surface area contributed by atoms with E-state index >= 15 is 0 Å². The third-order valence-electron chi connectivity index (χ3n) is 2.23. The number of hydrogen-bond donors (Lipinski definition) is 3. The highest BCUT2D eigenvalue weighted by Crippen LogP contribution is 2.13. The number of amides is 1. The number of carboxylic acids is 1. The van der Waals surface area contributed by atoms with Gasteiger partial charge in [-0.25, -0.2) is 4.79 Å². The summed E-state index contributed by atoms with van der Waals surface area (Å²) in [5.41, 5.74) is 5.45. The van der Waals surface area contributed by atoms with Crippen LogP contribution in [-0.2, 0) is 16.6 Å². The number of carbonyl (C=O) groups is 2. The Hall–Kier alpha value is -1.89. The Bertz CT molecular complexity index is 447. The lowest BCUT2D eigenvalue weighted by molar-refractivity contribution is -0.142. The highest BCUT2D eigenvalue weighted by atomic mass is 16.4. The lowest BCUT2D eigenvalue weighted by atomic mass is 10.0. The van der Waals surface area contributed by atoms with E-state index < -0.39 is 23.5 Å². The molecule has 0 aliphatic rings. The normalized spacial score (nSPS) is 13.1. The number of nitrogens with one attached hydrogen (secondary N) is 1. The van der Waals surface area contributed by atoms with Crippen molar-refractivity contribution in [2.24, 2.45) is 12.8 Å². The fraction of sp³-hybridized carbons (Fsp3) is 0.545. The molecule has 0 saturated carbocycles. The summed E-state index contributed by atoms with van der Waals surface area (Å²) >= 11 is 0. The van der Waals surface area contributed by atoms with Crippen molar-refractivity contribution >= 4 is 11.9 Å². The van der Waals surface area contributed by atoms with Crippen LogP contribution < -0.4 is 11.1 Å². The maximum Gasteiger partial charge on any atom is 0.331 e. The Morgan fingerprint density at radius 3 is 2.61 bits per heavy atom. The molecule has 0 aliphatic carbocycles. The summed E-state index contributed by atoms with van der Waals surface area (Å²) < 4.78 is 1.48. The second kappa shape index (κ2) is 5.18. The molecule has 0 aromatic carbocycles. The molecule has 1 rings (SSSR count). The van der Waals surface area contributed by atoms with Crippen molar-refractivity contribution in [2.75, 3.05) is 0 Å². The molecule has 0 bridgehead atoms. The number of rotatable bonds is 5. The molecule has 0 radical (unpaired) electrons. The van der Waals surface area contributed by atoms with E-state index in [2.05, 4.69) is 10.4 Å². The van der Waals surface area contributed by atoms with Crippen molar-refractivity contribution < 1.29 is 14.7 Å². The quantitative estimate of drug-likeness (QED) is 0.673. The van der Waals surface area contributed by atoms with Gasteiger partial charge in [-0.15, -0.1) is 0 Å². The first-order valence-electron chi connectivity index (χ1n) is 5.48. The lowest BCUT2D eigenvalue weighted by Crippen LogP contribution is -2.41. The zero-order valence-corrected chi connectivity index (χ0v) is 10.7. The predicted octanol–water partition coefficient (Wildman–Crippen LogP) is -0.211. The molecule has 1 heterocycles. The van der Waals surface area contributed by atoms with Crippen LogP contribution in [0.15, 0.2) is 12.4 Å². The Kier molecular flexibility index (Phi) is 4.07. The smallest absolute Gasteiger partial charge is 0.331 e. The monoisotopic (exact) mass is 254 g/mol. The fourth-order valence-electron chi connectivity index (χ4n) is 1.50. The van der Waals surface area contributed by atoms with Crippen LogP contribution in [0.3, 0.4) is 0 Å². The summed E-state index contributed by atoms with van der Waals surface area (Å²) in [6.45, 7) is 3.40. The van der Waals surface area contributed by atoms with Crippen molar-refractivity contribution in [1.29, 1.82) is 0 Å². The molecule has 1 aromatic heterocycles. The molecule has 0 aliphatic heterocycles. The zero-order chi connectivity index (χ0) is 13.9. The largest absolute Gasteiger partial charge is 0.479 e. The number of hydrogen-bond acceptors (Lipinski definition) is 4. The van der Waals surface area contributed by atoms with E-state index in [9.17, 15) is 9.59 Å². The van der Waals surface area contributed by atoms with Gasteiger partial charge in [0.05, 0.1) is 6.20 Å². The molecule has 7 heteroatoms. The van der Waals surface area contributed by atoms with Gasteiger partial charge in [-0.05, 0) is 13.8 Å². The number of aliphatic carboxylic acids is 1. The van der Waals surface area contributed by atoms with Crippen molar-refractivity contribution in [3.8, 4) is 0 Å². The number of nitrogens with zero attached hydrogens (tertiary/aromatic N) is 2. The second-order valence-corrected chi connectivity index (χ2v) is 4.95. The minimum atomic E-state index is -1.13. The zero-order valence-electron chi connectivity index (χ0n) is 10.7. The van der Waals surface area contributed by atoms with Crippen LogP contribution in [0.4, 0.5) is 0 Å². The maximum absolute atomic E-state index is 11.7. The molecule has 1 amide bonds. The van der Waals surface area contributed by atoms with Gasteiger partial charge in [0.1, 0.15) is 0 Å². The van der Waals surface area contributed by atoms with Crippen molar-refractivity contribution in [2.45, 2.75) is 31.8 Å². The minimum Gasteiger partial charge on any atom is -0.479 e. The molecule has 100 valence electrons. The summed E-state index contributed by atoms with van der Waals surface area (Å²) in [7, 11) is 1.67. The van der Waals surface area contributed by atoms with E-state index in [0.717, 1.165) is 0 Å². The Balaban J connectivity index is 2.76. The number of aryl methyl sites for hydroxylation is 1. The van der Waals surface area contributed by atoms with Gasteiger partial charge in [0.2, 0.25) is 5.91 Å². The lowest BCUT2D eigenvalue weighted by Gasteiger charge is -2.19. The third-order valence-corrected chi connectivity index (χ3v) is 2.23. The first-order valence-corrected chi connectivity index (χ1v) is 5.48. The molecular weight excluding hydrogens is 236 g/mol. The summed E-state index contributed by atoms with van der Waals surface area (Å²) in [4.78, 5) is 22.8. The van der Waals surface area contributed by atoms with Crippen LogP contribution in [0.1, 0.15) is 31.9 Å². The molecule has 0 saturated heterocycles. The molecule has 1 aromatic rings. The standard InChI is InChI=1S/C11H18N4O3/c1-11(2,12)4-8(16)14-9(10(17)18)7-5-13-15(3)6-7/h5-6,9H,4,12H2,1-3H3,(H,14,16)(H,17,18). The van der Waals surface area contributed by atoms with E-state index in [1.54, 1.807) is 27.1 Å². The average Bonchev–Trinajstić information content (AvgIpc) is 2.57. The fourth-order valence-corrected chi connectivity index (χ4v) is 1.50. The summed E-state index contributed by atoms with van der Waals surface area (Å²) in [6.07, 6.45) is 3.01. The minimum absolute atomic E-state index is 0.0526. The highest BCUT2D eigenvalue weighted by molar-refractivity contribution is 5.84. The molecule has 1 atom stereocenters. The van der Waals surface area contributed by atoms with E-state index in [0.29, 0.717) is 5.56 Å². The Morgan fingerprint density at radius 2 is 2.22 bits per heavy atom. The first kappa shape index (κ1) is 14.2. The molecule has 0 fully saturated rings. The van der Waals surface area contributed by atoms with Gasteiger partial charge in [-0.2, -0.15) is 5.10 Å². The van der Waals surface area contributed by atoms with Crippen LogP contribution in [0.2, 0.25) is 0 Å². The van der Waals surface area contributed by atoms with E-state index in [4.69, 9.17) is 10.8 Å². The van der Waals surface area contributed by atoms with E-state index in [1.165, 1.54) is 10.9 Å². The van der Waals surface area contributed by atoms with Crippen LogP contribution in [0, 0.1) is 0 Å². The molecule has 7 nitrogen and oxygen atoms in total. The molecule has 18 heavy (non-hydrogen) atoms. The Labute approximate surface area is 105 Å². The van der Waals surface area contributed by atoms with E-state index in [-0.39, 0.29) is 6.42 Å². The number of nitrogens with two attached hydrogens (primary N) is 1. The van der Waals surface area contributed by atoms with Crippen LogP contribution in [0.5, 0.6) is 0 Å². The highest BCUT2D eigenvalue weighted by Gasteiger charge is 2.25. The Morgan fingerprint density at radius 1 is 1.61 bits per heavy atom. The molecule has 1 unspecified atom stereocenters. The van der Waals surface area contributed by atoms with Gasteiger partial charge in [0, 0.05) is 30.8 Å². The van der Waals surface area contributed by atoms with Gasteiger partial charge in [-0.3, -0.25) is 9.48 Å². The van der Waals surface area contributed by atoms with Crippen molar-refractivity contribution in [1.82, 2.24) is 15.1 Å². The topological polar surface area (TPSA) is 110 Å².